The molecule has 1 aliphatic heterocycles. The minimum absolute atomic E-state index is 0.176. The summed E-state index contributed by atoms with van der Waals surface area (Å²) in [5, 5.41) is 6.33. The van der Waals surface area contributed by atoms with Crippen LogP contribution in [0.25, 0.3) is 34.2 Å². The predicted octanol–water partition coefficient (Wildman–Crippen LogP) is 7.35. The highest BCUT2D eigenvalue weighted by Crippen LogP contribution is 2.38. The fraction of sp³-hybridized carbons (Fsp3) is 0.0690. The van der Waals surface area contributed by atoms with Crippen molar-refractivity contribution in [2.45, 2.75) is 6.54 Å². The molecule has 1 aliphatic rings. The molecule has 6 rings (SSSR count). The number of thiocarbonyl (C=S) groups is 1. The topological polar surface area (TPSA) is 60.5 Å². The van der Waals surface area contributed by atoms with Gasteiger partial charge in [-0.05, 0) is 42.0 Å². The highest BCUT2D eigenvalue weighted by molar-refractivity contribution is 8.26. The van der Waals surface area contributed by atoms with Crippen LogP contribution < -0.4 is 4.74 Å². The van der Waals surface area contributed by atoms with Gasteiger partial charge in [0.15, 0.2) is 17.1 Å². The van der Waals surface area contributed by atoms with Crippen LogP contribution in [-0.4, -0.2) is 32.0 Å². The first kappa shape index (κ1) is 24.5. The van der Waals surface area contributed by atoms with Crippen molar-refractivity contribution in [1.29, 1.82) is 0 Å². The van der Waals surface area contributed by atoms with Crippen LogP contribution in [-0.2, 0) is 11.3 Å². The number of ether oxygens (including phenoxy) is 1. The number of carbonyl (C=O) groups is 1. The number of nitrogens with zero attached hydrogens (tertiary/aromatic N) is 3. The molecule has 1 fully saturated rings. The van der Waals surface area contributed by atoms with E-state index in [0.717, 1.165) is 22.2 Å². The number of aromatic nitrogens is 2. The van der Waals surface area contributed by atoms with Crippen LogP contribution in [0.15, 0.2) is 94.4 Å². The average Bonchev–Trinajstić information content (AvgIpc) is 3.62. The summed E-state index contributed by atoms with van der Waals surface area (Å²) in [6.07, 6.45) is 3.70. The normalized spacial score (nSPS) is 14.7. The van der Waals surface area contributed by atoms with Gasteiger partial charge in [0.05, 0.1) is 24.2 Å². The third-order valence-electron chi connectivity index (χ3n) is 6.17. The summed E-state index contributed by atoms with van der Waals surface area (Å²) in [5.41, 5.74) is 3.68. The zero-order valence-corrected chi connectivity index (χ0v) is 22.5. The van der Waals surface area contributed by atoms with Gasteiger partial charge < -0.3 is 9.15 Å². The lowest BCUT2D eigenvalue weighted by Crippen LogP contribution is -2.27. The molecular formula is C29H20ClN3O3S2. The lowest BCUT2D eigenvalue weighted by atomic mass is 10.1. The molecule has 0 aliphatic carbocycles. The molecule has 188 valence electrons. The maximum absolute atomic E-state index is 13.4. The molecule has 0 atom stereocenters. The first-order chi connectivity index (χ1) is 18.5. The van der Waals surface area contributed by atoms with Crippen molar-refractivity contribution in [3.8, 4) is 22.9 Å². The van der Waals surface area contributed by atoms with E-state index in [-0.39, 0.29) is 5.91 Å². The second-order valence-electron chi connectivity index (χ2n) is 8.56. The van der Waals surface area contributed by atoms with Gasteiger partial charge in [-0.25, -0.2) is 4.68 Å². The number of hydrogen-bond donors (Lipinski definition) is 0. The van der Waals surface area contributed by atoms with Gasteiger partial charge in [0.1, 0.15) is 10.0 Å². The van der Waals surface area contributed by atoms with Crippen LogP contribution in [0.3, 0.4) is 0 Å². The molecule has 0 saturated carbocycles. The first-order valence-corrected chi connectivity index (χ1v) is 13.3. The van der Waals surface area contributed by atoms with Crippen LogP contribution in [0.2, 0.25) is 5.02 Å². The van der Waals surface area contributed by atoms with Crippen molar-refractivity contribution in [1.82, 2.24) is 14.7 Å². The summed E-state index contributed by atoms with van der Waals surface area (Å²) in [6.45, 7) is 0.307. The second-order valence-corrected chi connectivity index (χ2v) is 10.6. The van der Waals surface area contributed by atoms with E-state index in [2.05, 4.69) is 0 Å². The third kappa shape index (κ3) is 4.51. The van der Waals surface area contributed by atoms with Gasteiger partial charge >= 0.3 is 0 Å². The van der Waals surface area contributed by atoms with Crippen LogP contribution in [0, 0.1) is 0 Å². The Morgan fingerprint density at radius 1 is 1.08 bits per heavy atom. The number of hydrogen-bond acceptors (Lipinski definition) is 6. The number of benzene rings is 3. The number of furan rings is 1. The third-order valence-corrected chi connectivity index (χ3v) is 7.92. The quantitative estimate of drug-likeness (QED) is 0.161. The molecule has 0 spiro atoms. The molecule has 2 aromatic heterocycles. The van der Waals surface area contributed by atoms with Crippen LogP contribution in [0.1, 0.15) is 11.1 Å². The van der Waals surface area contributed by atoms with Gasteiger partial charge in [-0.1, -0.05) is 84.1 Å². The Balaban J connectivity index is 1.42. The molecule has 0 unspecified atom stereocenters. The summed E-state index contributed by atoms with van der Waals surface area (Å²) < 4.78 is 13.9. The molecule has 5 aromatic rings. The number of carbonyl (C=O) groups excluding carboxylic acids is 1. The zero-order valence-electron chi connectivity index (χ0n) is 20.1. The van der Waals surface area contributed by atoms with Crippen molar-refractivity contribution in [2.24, 2.45) is 0 Å². The Hall–Kier alpha value is -3.85. The van der Waals surface area contributed by atoms with Crippen molar-refractivity contribution in [3.05, 3.63) is 106 Å². The number of amides is 1. The number of fused-ring (bicyclic) bond motifs is 1. The molecule has 38 heavy (non-hydrogen) atoms. The summed E-state index contributed by atoms with van der Waals surface area (Å²) in [4.78, 5) is 15.5. The molecule has 1 amide bonds. The van der Waals surface area contributed by atoms with E-state index < -0.39 is 0 Å². The highest BCUT2D eigenvalue weighted by Gasteiger charge is 2.33. The maximum Gasteiger partial charge on any atom is 0.266 e. The minimum atomic E-state index is -0.176. The molecule has 0 N–H and O–H groups in total. The minimum Gasteiger partial charge on any atom is -0.493 e. The van der Waals surface area contributed by atoms with Gasteiger partial charge in [-0.2, -0.15) is 5.10 Å². The van der Waals surface area contributed by atoms with E-state index in [4.69, 9.17) is 38.1 Å². The van der Waals surface area contributed by atoms with Gasteiger partial charge in [0.25, 0.3) is 5.91 Å². The Morgan fingerprint density at radius 2 is 1.87 bits per heavy atom. The summed E-state index contributed by atoms with van der Waals surface area (Å²) in [5.74, 6) is 1.03. The van der Waals surface area contributed by atoms with Gasteiger partial charge in [-0.15, -0.1) is 0 Å². The van der Waals surface area contributed by atoms with E-state index in [1.165, 1.54) is 11.8 Å². The molecule has 9 heteroatoms. The van der Waals surface area contributed by atoms with Crippen molar-refractivity contribution >= 4 is 62.9 Å². The molecule has 0 radical (unpaired) electrons. The monoisotopic (exact) mass is 557 g/mol. The van der Waals surface area contributed by atoms with E-state index in [0.29, 0.717) is 43.6 Å². The number of halogens is 1. The average molecular weight is 558 g/mol. The van der Waals surface area contributed by atoms with Crippen molar-refractivity contribution < 1.29 is 13.9 Å². The standard InChI is InChI=1S/C29H20ClN3O3S2/c1-35-23-13-7-9-18-14-24(36-27(18)23)26-20(17-33(31-26)21-10-3-2-4-11-21)15-25-28(34)32(29(37)38-25)16-19-8-5-6-12-22(19)30/h2-15,17H,16H2,1H3. The van der Waals surface area contributed by atoms with Gasteiger partial charge in [0.2, 0.25) is 0 Å². The van der Waals surface area contributed by atoms with Crippen LogP contribution >= 0.6 is 35.6 Å². The van der Waals surface area contributed by atoms with Gasteiger partial charge in [-0.3, -0.25) is 9.69 Å². The molecule has 3 heterocycles. The number of para-hydroxylation sites is 2. The first-order valence-electron chi connectivity index (χ1n) is 11.7. The summed E-state index contributed by atoms with van der Waals surface area (Å²) in [6, 6.07) is 24.9. The van der Waals surface area contributed by atoms with Crippen molar-refractivity contribution in [3.63, 3.8) is 0 Å². The van der Waals surface area contributed by atoms with E-state index in [1.54, 1.807) is 22.8 Å². The van der Waals surface area contributed by atoms with E-state index in [1.807, 2.05) is 85.1 Å². The molecule has 6 nitrogen and oxygen atoms in total. The zero-order chi connectivity index (χ0) is 26.2. The fourth-order valence-corrected chi connectivity index (χ4v) is 5.73. The maximum atomic E-state index is 13.4. The highest BCUT2D eigenvalue weighted by atomic mass is 35.5. The Morgan fingerprint density at radius 3 is 2.66 bits per heavy atom. The lowest BCUT2D eigenvalue weighted by Gasteiger charge is -2.15. The Bertz CT molecular complexity index is 1730. The Labute approximate surface area is 233 Å². The number of methoxy groups -OCH3 is 1. The van der Waals surface area contributed by atoms with E-state index in [9.17, 15) is 4.79 Å². The predicted molar refractivity (Wildman–Crippen MR) is 155 cm³/mol. The molecular weight excluding hydrogens is 538 g/mol. The number of thioether (sulfide) groups is 1. The van der Waals surface area contributed by atoms with Crippen LogP contribution in [0.4, 0.5) is 0 Å². The second kappa shape index (κ2) is 10.1. The Kier molecular flexibility index (Phi) is 6.53. The number of rotatable bonds is 6. The molecule has 0 bridgehead atoms. The lowest BCUT2D eigenvalue weighted by molar-refractivity contribution is -0.122. The fourth-order valence-electron chi connectivity index (χ4n) is 4.29. The molecule has 3 aromatic carbocycles. The smallest absolute Gasteiger partial charge is 0.266 e. The molecule has 1 saturated heterocycles. The summed E-state index contributed by atoms with van der Waals surface area (Å²) in [7, 11) is 1.61. The van der Waals surface area contributed by atoms with Crippen LogP contribution in [0.5, 0.6) is 5.75 Å². The van der Waals surface area contributed by atoms with Gasteiger partial charge in [0, 0.05) is 22.2 Å². The van der Waals surface area contributed by atoms with Crippen molar-refractivity contribution in [2.75, 3.05) is 7.11 Å². The SMILES string of the molecule is COc1cccc2cc(-c3nn(-c4ccccc4)cc3C=C3SC(=S)N(Cc4ccccc4Cl)C3=O)oc12. The van der Waals surface area contributed by atoms with E-state index >= 15 is 0 Å². The summed E-state index contributed by atoms with van der Waals surface area (Å²) >= 11 is 13.2. The largest absolute Gasteiger partial charge is 0.493 e.